The number of nitrogens with one attached hydrogen (secondary N) is 1. The highest BCUT2D eigenvalue weighted by atomic mass is 32.1. The summed E-state index contributed by atoms with van der Waals surface area (Å²) < 4.78 is 2.16. The number of thiophene rings is 1. The van der Waals surface area contributed by atoms with Crippen molar-refractivity contribution < 1.29 is 29.4 Å². The highest BCUT2D eigenvalue weighted by Gasteiger charge is 2.23. The fourth-order valence-corrected chi connectivity index (χ4v) is 5.84. The van der Waals surface area contributed by atoms with Gasteiger partial charge in [0.05, 0.1) is 16.6 Å². The second kappa shape index (κ2) is 13.4. The molecule has 1 saturated carbocycles. The molecule has 0 unspecified atom stereocenters. The monoisotopic (exact) mass is 532 g/mol. The number of carbonyl (C=O) groups excluding carboxylic acids is 2. The van der Waals surface area contributed by atoms with Crippen molar-refractivity contribution in [1.29, 1.82) is 0 Å². The average molecular weight is 533 g/mol. The molecule has 3 N–H and O–H groups in total. The Balaban J connectivity index is 0.000000414. The van der Waals surface area contributed by atoms with Gasteiger partial charge in [-0.25, -0.2) is 9.59 Å². The molecule has 2 amide bonds. The van der Waals surface area contributed by atoms with Crippen LogP contribution in [-0.4, -0.2) is 68.3 Å². The first kappa shape index (κ1) is 28.4. The van der Waals surface area contributed by atoms with Crippen LogP contribution in [0.2, 0.25) is 0 Å². The molecule has 2 aliphatic rings. The number of amides is 2. The van der Waals surface area contributed by atoms with Gasteiger partial charge in [-0.1, -0.05) is 26.2 Å². The van der Waals surface area contributed by atoms with Crippen molar-refractivity contribution in [3.63, 3.8) is 0 Å². The largest absolute Gasteiger partial charge is 0.478 e. The van der Waals surface area contributed by atoms with Crippen molar-refractivity contribution >= 4 is 45.3 Å². The molecule has 2 aromatic rings. The number of carboxylic acids is 2. The molecule has 3 heterocycles. The number of hydrogen-bond acceptors (Lipinski definition) is 6. The maximum atomic E-state index is 12.7. The molecule has 11 heteroatoms. The lowest BCUT2D eigenvalue weighted by molar-refractivity contribution is -0.134. The number of aromatic nitrogens is 2. The molecule has 2 aromatic heterocycles. The summed E-state index contributed by atoms with van der Waals surface area (Å²) in [7, 11) is 0. The number of aryl methyl sites for hydroxylation is 1. The highest BCUT2D eigenvalue weighted by Crippen LogP contribution is 2.35. The van der Waals surface area contributed by atoms with Gasteiger partial charge in [-0.3, -0.25) is 14.3 Å². The topological polar surface area (TPSA) is 142 Å². The number of aliphatic carboxylic acids is 2. The summed E-state index contributed by atoms with van der Waals surface area (Å²) in [6.07, 6.45) is 9.83. The fourth-order valence-electron chi connectivity index (χ4n) is 4.69. The van der Waals surface area contributed by atoms with Crippen LogP contribution < -0.4 is 5.32 Å². The van der Waals surface area contributed by atoms with E-state index in [0.29, 0.717) is 42.0 Å². The zero-order chi connectivity index (χ0) is 26.9. The highest BCUT2D eigenvalue weighted by molar-refractivity contribution is 7.20. The van der Waals surface area contributed by atoms with Crippen LogP contribution in [0.1, 0.15) is 79.7 Å². The Bertz CT molecular complexity index is 1120. The van der Waals surface area contributed by atoms with E-state index in [-0.39, 0.29) is 11.8 Å². The van der Waals surface area contributed by atoms with Crippen molar-refractivity contribution in [3.05, 3.63) is 28.8 Å². The van der Waals surface area contributed by atoms with Crippen LogP contribution in [0.4, 0.5) is 0 Å². The average Bonchev–Trinajstić information content (AvgIpc) is 3.44. The van der Waals surface area contributed by atoms with Crippen molar-refractivity contribution in [1.82, 2.24) is 20.0 Å². The Morgan fingerprint density at radius 2 is 1.68 bits per heavy atom. The molecule has 1 aliphatic heterocycles. The summed E-state index contributed by atoms with van der Waals surface area (Å²) in [4.78, 5) is 47.9. The number of carbonyl (C=O) groups is 4. The number of hydrogen-bond donors (Lipinski definition) is 3. The van der Waals surface area contributed by atoms with E-state index in [1.165, 1.54) is 43.4 Å². The lowest BCUT2D eigenvalue weighted by Crippen LogP contribution is -2.39. The van der Waals surface area contributed by atoms with Gasteiger partial charge in [0, 0.05) is 43.6 Å². The number of rotatable bonds is 7. The minimum Gasteiger partial charge on any atom is -0.478 e. The van der Waals surface area contributed by atoms with E-state index in [9.17, 15) is 19.2 Å². The lowest BCUT2D eigenvalue weighted by atomic mass is 9.96. The Labute approximate surface area is 220 Å². The fraction of sp³-hybridized carbons (Fsp3) is 0.577. The predicted molar refractivity (Wildman–Crippen MR) is 141 cm³/mol. The van der Waals surface area contributed by atoms with Crippen LogP contribution in [0.3, 0.4) is 0 Å². The van der Waals surface area contributed by atoms with Crippen molar-refractivity contribution in [2.75, 3.05) is 19.6 Å². The Morgan fingerprint density at radius 3 is 2.27 bits per heavy atom. The maximum Gasteiger partial charge on any atom is 0.328 e. The van der Waals surface area contributed by atoms with Crippen LogP contribution >= 0.6 is 11.3 Å². The zero-order valence-electron chi connectivity index (χ0n) is 21.4. The standard InChI is InChI=1S/C22H32N4O2S.C4H4O4/c1-15-9-12-25(13-10-15)20(27)8-11-23-21(28)19-14-18-16(2)24-26(22(18)29-19)17-6-4-3-5-7-17;5-3(6)1-2-4(7)8/h14-15,17H,3-13H2,1-2H3,(H,23,28);1-2H,(H,5,6)(H,7,8)/b;2-1+. The number of likely N-dealkylation sites (tertiary alicyclic amines) is 1. The van der Waals surface area contributed by atoms with Gasteiger partial charge in [0.2, 0.25) is 5.91 Å². The molecule has 1 saturated heterocycles. The van der Waals surface area contributed by atoms with E-state index in [1.54, 1.807) is 0 Å². The van der Waals surface area contributed by atoms with Crippen LogP contribution in [0.5, 0.6) is 0 Å². The molecule has 202 valence electrons. The molecule has 4 rings (SSSR count). The molecule has 37 heavy (non-hydrogen) atoms. The van der Waals surface area contributed by atoms with E-state index in [0.717, 1.165) is 41.8 Å². The first-order valence-electron chi connectivity index (χ1n) is 12.8. The van der Waals surface area contributed by atoms with Crippen LogP contribution in [0, 0.1) is 12.8 Å². The Hall–Kier alpha value is -3.21. The Kier molecular flexibility index (Phi) is 10.2. The first-order chi connectivity index (χ1) is 17.7. The molecule has 2 fully saturated rings. The van der Waals surface area contributed by atoms with Gasteiger partial charge in [-0.2, -0.15) is 5.10 Å². The number of fused-ring (bicyclic) bond motifs is 1. The van der Waals surface area contributed by atoms with E-state index in [4.69, 9.17) is 15.3 Å². The quantitative estimate of drug-likeness (QED) is 0.458. The van der Waals surface area contributed by atoms with Gasteiger partial charge in [-0.15, -0.1) is 11.3 Å². The van der Waals surface area contributed by atoms with Gasteiger partial charge >= 0.3 is 11.9 Å². The van der Waals surface area contributed by atoms with Crippen molar-refractivity contribution in [3.8, 4) is 0 Å². The minimum atomic E-state index is -1.26. The third-order valence-electron chi connectivity index (χ3n) is 6.84. The number of nitrogens with zero attached hydrogens (tertiary/aromatic N) is 3. The lowest BCUT2D eigenvalue weighted by Gasteiger charge is -2.30. The molecule has 1 aliphatic carbocycles. The molecule has 0 radical (unpaired) electrons. The summed E-state index contributed by atoms with van der Waals surface area (Å²) in [6, 6.07) is 2.42. The molecule has 10 nitrogen and oxygen atoms in total. The summed E-state index contributed by atoms with van der Waals surface area (Å²) in [5, 5.41) is 24.4. The van der Waals surface area contributed by atoms with E-state index >= 15 is 0 Å². The number of piperidine rings is 1. The van der Waals surface area contributed by atoms with Gasteiger partial charge in [0.1, 0.15) is 4.83 Å². The number of carboxylic acid groups (broad SMARTS) is 2. The minimum absolute atomic E-state index is 0.0825. The predicted octanol–water partition coefficient (Wildman–Crippen LogP) is 4.00. The molecule has 0 bridgehead atoms. The zero-order valence-corrected chi connectivity index (χ0v) is 22.3. The molecule has 0 aromatic carbocycles. The second-order valence-electron chi connectivity index (χ2n) is 9.73. The van der Waals surface area contributed by atoms with Crippen molar-refractivity contribution in [2.45, 2.75) is 71.3 Å². The maximum absolute atomic E-state index is 12.7. The SMILES string of the molecule is Cc1nn(C2CCCCC2)c2sc(C(=O)NCCC(=O)N3CCC(C)CC3)cc12.O=C(O)/C=C/C(=O)O. The van der Waals surface area contributed by atoms with Gasteiger partial charge in [0.15, 0.2) is 0 Å². The summed E-state index contributed by atoms with van der Waals surface area (Å²) in [5.74, 6) is -1.74. The van der Waals surface area contributed by atoms with E-state index < -0.39 is 11.9 Å². The van der Waals surface area contributed by atoms with Gasteiger partial charge in [-0.05, 0) is 44.6 Å². The third-order valence-corrected chi connectivity index (χ3v) is 7.97. The van der Waals surface area contributed by atoms with E-state index in [1.807, 2.05) is 17.9 Å². The summed E-state index contributed by atoms with van der Waals surface area (Å²) in [5.41, 5.74) is 0.996. The molecule has 0 atom stereocenters. The van der Waals surface area contributed by atoms with Crippen LogP contribution in [0.15, 0.2) is 18.2 Å². The van der Waals surface area contributed by atoms with Gasteiger partial charge < -0.3 is 20.4 Å². The molecular formula is C26H36N4O6S. The van der Waals surface area contributed by atoms with E-state index in [2.05, 4.69) is 16.9 Å². The smallest absolute Gasteiger partial charge is 0.328 e. The molecular weight excluding hydrogens is 496 g/mol. The van der Waals surface area contributed by atoms with Crippen LogP contribution in [-0.2, 0) is 14.4 Å². The molecule has 0 spiro atoms. The Morgan fingerprint density at radius 1 is 1.05 bits per heavy atom. The second-order valence-corrected chi connectivity index (χ2v) is 10.8. The summed E-state index contributed by atoms with van der Waals surface area (Å²) in [6.45, 7) is 6.35. The van der Waals surface area contributed by atoms with Crippen molar-refractivity contribution in [2.24, 2.45) is 5.92 Å². The third kappa shape index (κ3) is 8.14. The van der Waals surface area contributed by atoms with Gasteiger partial charge in [0.25, 0.3) is 5.91 Å². The first-order valence-corrected chi connectivity index (χ1v) is 13.7. The normalized spacial score (nSPS) is 17.0. The van der Waals surface area contributed by atoms with Crippen LogP contribution in [0.25, 0.3) is 10.2 Å². The summed E-state index contributed by atoms with van der Waals surface area (Å²) >= 11 is 1.53.